The first-order chi connectivity index (χ1) is 17.8. The molecule has 0 aliphatic carbocycles. The minimum absolute atomic E-state index is 0.0581. The number of hydrazone groups is 1. The molecule has 0 spiro atoms. The summed E-state index contributed by atoms with van der Waals surface area (Å²) in [6.45, 7) is 0. The van der Waals surface area contributed by atoms with Gasteiger partial charge in [-0.3, -0.25) is 5.01 Å². The van der Waals surface area contributed by atoms with Crippen molar-refractivity contribution in [2.45, 2.75) is 30.4 Å². The number of aliphatic hydroxyl groups is 1. The lowest BCUT2D eigenvalue weighted by atomic mass is 9.89. The van der Waals surface area contributed by atoms with Crippen LogP contribution < -0.4 is 14.5 Å². The second kappa shape index (κ2) is 10.0. The number of benzene rings is 3. The van der Waals surface area contributed by atoms with Gasteiger partial charge in [-0.15, -0.1) is 0 Å². The van der Waals surface area contributed by atoms with Crippen LogP contribution in [0.4, 0.5) is 32.0 Å². The maximum Gasteiger partial charge on any atom is 0.431 e. The van der Waals surface area contributed by atoms with E-state index < -0.39 is 36.1 Å². The highest BCUT2D eigenvalue weighted by molar-refractivity contribution is 6.33. The largest absolute Gasteiger partial charge is 0.493 e. The van der Waals surface area contributed by atoms with Crippen molar-refractivity contribution in [3.05, 3.63) is 77.3 Å². The predicted octanol–water partition coefficient (Wildman–Crippen LogP) is 7.19. The molecule has 0 saturated heterocycles. The minimum atomic E-state index is -6.06. The summed E-state index contributed by atoms with van der Waals surface area (Å²) in [6.07, 6.45) is -13.0. The molecule has 0 amide bonds. The van der Waals surface area contributed by atoms with Gasteiger partial charge in [0.05, 0.1) is 36.7 Å². The Labute approximate surface area is 218 Å². The van der Waals surface area contributed by atoms with Gasteiger partial charge in [-0.25, -0.2) is 0 Å². The fraction of sp³-hybridized carbons (Fsp3) is 0.269. The van der Waals surface area contributed by atoms with Gasteiger partial charge in [0.1, 0.15) is 0 Å². The minimum Gasteiger partial charge on any atom is -0.493 e. The van der Waals surface area contributed by atoms with E-state index in [-0.39, 0.29) is 10.7 Å². The van der Waals surface area contributed by atoms with Crippen molar-refractivity contribution in [2.24, 2.45) is 5.10 Å². The van der Waals surface area contributed by atoms with Crippen LogP contribution in [0.5, 0.6) is 11.5 Å². The van der Waals surface area contributed by atoms with Crippen molar-refractivity contribution >= 4 is 23.0 Å². The third-order valence-electron chi connectivity index (χ3n) is 6.26. The summed E-state index contributed by atoms with van der Waals surface area (Å²) in [7, 11) is 2.95. The molecule has 1 aliphatic rings. The molecule has 1 aliphatic heterocycles. The number of nitrogens with zero attached hydrogens (tertiary/aromatic N) is 2. The fourth-order valence-electron chi connectivity index (χ4n) is 4.34. The standard InChI is InChI=1S/C26H21ClF6N2O3/c1-37-21-9-5-6-17(23(21)38-2)15-10-12-16(13-11-15)20-14-22(24(36,25(28,29)30)26(31,32)33)34-35(20)19-8-4-3-7-18(19)27/h3-13,20,36H,14H2,1-2H3. The number of para-hydroxylation sites is 2. The van der Waals surface area contributed by atoms with Gasteiger partial charge in [-0.2, -0.15) is 31.4 Å². The van der Waals surface area contributed by atoms with Crippen LogP contribution in [0.2, 0.25) is 5.02 Å². The molecule has 1 heterocycles. The molecule has 38 heavy (non-hydrogen) atoms. The Morgan fingerprint density at radius 1 is 0.868 bits per heavy atom. The third-order valence-corrected chi connectivity index (χ3v) is 6.58. The van der Waals surface area contributed by atoms with Gasteiger partial charge in [-0.1, -0.05) is 60.1 Å². The van der Waals surface area contributed by atoms with Crippen LogP contribution in [0.25, 0.3) is 11.1 Å². The van der Waals surface area contributed by atoms with E-state index in [1.54, 1.807) is 48.5 Å². The lowest BCUT2D eigenvalue weighted by molar-refractivity contribution is -0.338. The molecular formula is C26H21ClF6N2O3. The smallest absolute Gasteiger partial charge is 0.431 e. The number of ether oxygens (including phenoxy) is 2. The molecule has 12 heteroatoms. The quantitative estimate of drug-likeness (QED) is 0.325. The molecule has 0 aromatic heterocycles. The van der Waals surface area contributed by atoms with Crippen molar-refractivity contribution in [2.75, 3.05) is 19.2 Å². The van der Waals surface area contributed by atoms with Crippen LogP contribution in [-0.4, -0.2) is 43.0 Å². The van der Waals surface area contributed by atoms with E-state index in [9.17, 15) is 31.4 Å². The van der Waals surface area contributed by atoms with Crippen molar-refractivity contribution in [1.82, 2.24) is 0 Å². The topological polar surface area (TPSA) is 54.3 Å². The molecule has 0 radical (unpaired) electrons. The molecule has 0 fully saturated rings. The zero-order chi connectivity index (χ0) is 27.9. The highest BCUT2D eigenvalue weighted by Gasteiger charge is 2.74. The lowest BCUT2D eigenvalue weighted by Crippen LogP contribution is -2.62. The first-order valence-corrected chi connectivity index (χ1v) is 11.5. The summed E-state index contributed by atoms with van der Waals surface area (Å²) >= 11 is 6.22. The second-order valence-electron chi connectivity index (χ2n) is 8.43. The molecule has 1 N–H and O–H groups in total. The summed E-state index contributed by atoms with van der Waals surface area (Å²) in [5.74, 6) is 0.929. The van der Waals surface area contributed by atoms with E-state index >= 15 is 0 Å². The highest BCUT2D eigenvalue weighted by Crippen LogP contribution is 2.49. The predicted molar refractivity (Wildman–Crippen MR) is 131 cm³/mol. The van der Waals surface area contributed by atoms with Crippen molar-refractivity contribution in [3.8, 4) is 22.6 Å². The maximum absolute atomic E-state index is 13.6. The monoisotopic (exact) mass is 558 g/mol. The van der Waals surface area contributed by atoms with E-state index in [2.05, 4.69) is 5.10 Å². The third kappa shape index (κ3) is 4.64. The van der Waals surface area contributed by atoms with Gasteiger partial charge in [0.15, 0.2) is 11.5 Å². The molecular weight excluding hydrogens is 538 g/mol. The van der Waals surface area contributed by atoms with E-state index in [0.717, 1.165) is 5.01 Å². The average molecular weight is 559 g/mol. The number of methoxy groups -OCH3 is 2. The number of alkyl halides is 6. The lowest BCUT2D eigenvalue weighted by Gasteiger charge is -2.32. The zero-order valence-electron chi connectivity index (χ0n) is 19.9. The summed E-state index contributed by atoms with van der Waals surface area (Å²) in [6, 6.07) is 16.4. The van der Waals surface area contributed by atoms with Crippen LogP contribution in [-0.2, 0) is 0 Å². The normalized spacial score (nSPS) is 16.4. The van der Waals surface area contributed by atoms with Crippen LogP contribution >= 0.6 is 11.6 Å². The number of rotatable bonds is 6. The Bertz CT molecular complexity index is 1330. The molecule has 0 bridgehead atoms. The Hall–Kier alpha value is -3.44. The molecule has 202 valence electrons. The average Bonchev–Trinajstić information content (AvgIpc) is 3.32. The molecule has 5 nitrogen and oxygen atoms in total. The summed E-state index contributed by atoms with van der Waals surface area (Å²) in [4.78, 5) is 0. The van der Waals surface area contributed by atoms with Crippen molar-refractivity contribution in [3.63, 3.8) is 0 Å². The summed E-state index contributed by atoms with van der Waals surface area (Å²) < 4.78 is 92.6. The fourth-order valence-corrected chi connectivity index (χ4v) is 4.56. The van der Waals surface area contributed by atoms with E-state index in [4.69, 9.17) is 21.1 Å². The first-order valence-electron chi connectivity index (χ1n) is 11.1. The van der Waals surface area contributed by atoms with E-state index in [0.29, 0.717) is 28.2 Å². The van der Waals surface area contributed by atoms with E-state index in [1.807, 2.05) is 0 Å². The molecule has 4 rings (SSSR count). The van der Waals surface area contributed by atoms with Crippen LogP contribution in [0.15, 0.2) is 71.8 Å². The zero-order valence-corrected chi connectivity index (χ0v) is 20.7. The Morgan fingerprint density at radius 3 is 2.05 bits per heavy atom. The van der Waals surface area contributed by atoms with Gasteiger partial charge < -0.3 is 14.6 Å². The number of hydrogen-bond acceptors (Lipinski definition) is 5. The molecule has 1 unspecified atom stereocenters. The van der Waals surface area contributed by atoms with Crippen LogP contribution in [0, 0.1) is 0 Å². The van der Waals surface area contributed by atoms with E-state index in [1.165, 1.54) is 32.4 Å². The highest BCUT2D eigenvalue weighted by atomic mass is 35.5. The maximum atomic E-state index is 13.6. The van der Waals surface area contributed by atoms with Crippen molar-refractivity contribution in [1.29, 1.82) is 0 Å². The second-order valence-corrected chi connectivity index (χ2v) is 8.84. The molecule has 3 aromatic rings. The van der Waals surface area contributed by atoms with Gasteiger partial charge in [0.25, 0.3) is 5.60 Å². The summed E-state index contributed by atoms with van der Waals surface area (Å²) in [5, 5.41) is 14.7. The van der Waals surface area contributed by atoms with Crippen LogP contribution in [0.3, 0.4) is 0 Å². The van der Waals surface area contributed by atoms with Gasteiger partial charge in [0.2, 0.25) is 0 Å². The number of hydrogen-bond donors (Lipinski definition) is 1. The van der Waals surface area contributed by atoms with Gasteiger partial charge >= 0.3 is 12.4 Å². The Kier molecular flexibility index (Phi) is 7.28. The SMILES string of the molecule is COc1cccc(-c2ccc(C3CC(C(O)(C(F)(F)F)C(F)(F)F)=NN3c3ccccc3Cl)cc2)c1OC. The number of anilines is 1. The number of halogens is 7. The molecule has 1 atom stereocenters. The first kappa shape index (κ1) is 27.6. The summed E-state index contributed by atoms with van der Waals surface area (Å²) in [5.41, 5.74) is -4.87. The Balaban J connectivity index is 1.79. The molecule has 3 aromatic carbocycles. The van der Waals surface area contributed by atoms with Crippen molar-refractivity contribution < 1.29 is 40.9 Å². The molecule has 0 saturated carbocycles. The van der Waals surface area contributed by atoms with Gasteiger partial charge in [0, 0.05) is 12.0 Å². The van der Waals surface area contributed by atoms with Crippen LogP contribution in [0.1, 0.15) is 18.0 Å². The van der Waals surface area contributed by atoms with Gasteiger partial charge in [-0.05, 0) is 29.3 Å². The Morgan fingerprint density at radius 2 is 1.50 bits per heavy atom.